The van der Waals surface area contributed by atoms with Crippen molar-refractivity contribution in [2.75, 3.05) is 32.0 Å². The number of carbonyl (C=O) groups is 1. The lowest BCUT2D eigenvalue weighted by molar-refractivity contribution is -0.156. The van der Waals surface area contributed by atoms with Gasteiger partial charge in [0.25, 0.3) is 0 Å². The van der Waals surface area contributed by atoms with Gasteiger partial charge in [0.1, 0.15) is 17.5 Å². The number of likely N-dealkylation sites (tertiary alicyclic amines) is 1. The maximum absolute atomic E-state index is 14.7. The molecule has 1 atom stereocenters. The van der Waals surface area contributed by atoms with Gasteiger partial charge >= 0.3 is 5.97 Å². The van der Waals surface area contributed by atoms with E-state index >= 15 is 0 Å². The zero-order chi connectivity index (χ0) is 26.0. The van der Waals surface area contributed by atoms with Crippen LogP contribution in [-0.2, 0) is 9.53 Å². The molecule has 1 aliphatic rings. The fourth-order valence-electron chi connectivity index (χ4n) is 5.45. The molecule has 1 unspecified atom stereocenters. The summed E-state index contributed by atoms with van der Waals surface area (Å²) in [6, 6.07) is 4.81. The number of hydrogen-bond acceptors (Lipinski definition) is 9. The summed E-state index contributed by atoms with van der Waals surface area (Å²) in [6.07, 6.45) is 2.49. The summed E-state index contributed by atoms with van der Waals surface area (Å²) in [4.78, 5) is 23.0. The van der Waals surface area contributed by atoms with Gasteiger partial charge in [0, 0.05) is 41.0 Å². The van der Waals surface area contributed by atoms with Gasteiger partial charge in [-0.05, 0) is 47.5 Å². The van der Waals surface area contributed by atoms with E-state index in [-0.39, 0.29) is 34.9 Å². The van der Waals surface area contributed by atoms with Crippen LogP contribution in [0.1, 0.15) is 47.5 Å². The second-order valence-electron chi connectivity index (χ2n) is 10.1. The van der Waals surface area contributed by atoms with E-state index in [1.54, 1.807) is 32.4 Å². The number of aromatic nitrogens is 2. The van der Waals surface area contributed by atoms with Crippen LogP contribution in [0.2, 0.25) is 0 Å². The smallest absolute Gasteiger partial charge is 0.322 e. The Morgan fingerprint density at radius 2 is 1.66 bits per heavy atom. The highest BCUT2D eigenvalue weighted by Gasteiger charge is 2.49. The lowest BCUT2D eigenvalue weighted by atomic mass is 9.75. The van der Waals surface area contributed by atoms with Gasteiger partial charge in [0.05, 0.1) is 27.5 Å². The minimum absolute atomic E-state index is 0.0738. The molecule has 0 amide bonds. The number of piperidine rings is 1. The minimum atomic E-state index is -0.542. The summed E-state index contributed by atoms with van der Waals surface area (Å²) in [5, 5.41) is 6.36. The van der Waals surface area contributed by atoms with Crippen molar-refractivity contribution < 1.29 is 23.4 Å². The molecule has 1 aliphatic heterocycles. The van der Waals surface area contributed by atoms with Crippen molar-refractivity contribution in [2.24, 2.45) is 0 Å². The summed E-state index contributed by atoms with van der Waals surface area (Å²) in [5.74, 6) is 0.737. The van der Waals surface area contributed by atoms with Crippen molar-refractivity contribution in [3.05, 3.63) is 30.2 Å². The Balaban J connectivity index is 1.81. The van der Waals surface area contributed by atoms with Crippen LogP contribution in [-0.4, -0.2) is 65.3 Å². The molecule has 192 valence electrons. The number of rotatable bonds is 8. The standard InChI is InChI=1S/C25H36FN5O4/c1-15(22(32)35-8)31-24(2,3)12-17(13-25(31,4)5)28-21-20(26)14-27-23(30-21)29-16-9-18(33-6)11-19(10-16)34-7/h9-11,14-15,17H,12-13H2,1-8H3,(H2,27,28,29,30). The molecule has 1 fully saturated rings. The Hall–Kier alpha value is -3.14. The Bertz CT molecular complexity index is 1020. The van der Waals surface area contributed by atoms with Crippen LogP contribution in [0.25, 0.3) is 0 Å². The lowest BCUT2D eigenvalue weighted by Crippen LogP contribution is -2.67. The number of ether oxygens (including phenoxy) is 3. The van der Waals surface area contributed by atoms with Crippen LogP contribution in [0.5, 0.6) is 11.5 Å². The molecule has 1 aromatic carbocycles. The normalized spacial score (nSPS) is 18.4. The van der Waals surface area contributed by atoms with Gasteiger partial charge in [-0.15, -0.1) is 0 Å². The lowest BCUT2D eigenvalue weighted by Gasteiger charge is -2.57. The first-order chi connectivity index (χ1) is 16.4. The molecule has 9 nitrogen and oxygen atoms in total. The SMILES string of the molecule is COC(=O)C(C)N1C(C)(C)CC(Nc2nc(Nc3cc(OC)cc(OC)c3)ncc2F)CC1(C)C. The van der Waals surface area contributed by atoms with Crippen LogP contribution < -0.4 is 20.1 Å². The molecule has 1 saturated heterocycles. The van der Waals surface area contributed by atoms with E-state index in [1.807, 2.05) is 6.92 Å². The third-order valence-electron chi connectivity index (χ3n) is 6.42. The molecule has 0 bridgehead atoms. The predicted octanol–water partition coefficient (Wildman–Crippen LogP) is 4.37. The summed E-state index contributed by atoms with van der Waals surface area (Å²) < 4.78 is 30.3. The number of benzene rings is 1. The van der Waals surface area contributed by atoms with Gasteiger partial charge in [0.15, 0.2) is 11.6 Å². The Labute approximate surface area is 206 Å². The number of esters is 1. The van der Waals surface area contributed by atoms with E-state index in [0.717, 1.165) is 6.20 Å². The number of nitrogens with one attached hydrogen (secondary N) is 2. The summed E-state index contributed by atoms with van der Waals surface area (Å²) in [6.45, 7) is 10.2. The first kappa shape index (κ1) is 26.5. The molecule has 1 aromatic heterocycles. The molecule has 2 aromatic rings. The molecule has 2 N–H and O–H groups in total. The molecule has 2 heterocycles. The van der Waals surface area contributed by atoms with Gasteiger partial charge in [-0.3, -0.25) is 9.69 Å². The number of nitrogens with zero attached hydrogens (tertiary/aromatic N) is 3. The minimum Gasteiger partial charge on any atom is -0.497 e. The first-order valence-electron chi connectivity index (χ1n) is 11.6. The van der Waals surface area contributed by atoms with E-state index in [4.69, 9.17) is 14.2 Å². The van der Waals surface area contributed by atoms with E-state index in [1.165, 1.54) is 7.11 Å². The Morgan fingerprint density at radius 1 is 1.09 bits per heavy atom. The van der Waals surface area contributed by atoms with Crippen molar-refractivity contribution in [3.8, 4) is 11.5 Å². The monoisotopic (exact) mass is 489 g/mol. The zero-order valence-corrected chi connectivity index (χ0v) is 21.7. The van der Waals surface area contributed by atoms with Gasteiger partial charge in [-0.2, -0.15) is 4.98 Å². The maximum Gasteiger partial charge on any atom is 0.322 e. The Kier molecular flexibility index (Phi) is 7.74. The van der Waals surface area contributed by atoms with Crippen molar-refractivity contribution in [3.63, 3.8) is 0 Å². The number of carbonyl (C=O) groups excluding carboxylic acids is 1. The topological polar surface area (TPSA) is 97.8 Å². The van der Waals surface area contributed by atoms with Gasteiger partial charge < -0.3 is 24.8 Å². The zero-order valence-electron chi connectivity index (χ0n) is 21.7. The predicted molar refractivity (Wildman–Crippen MR) is 133 cm³/mol. The second-order valence-corrected chi connectivity index (χ2v) is 10.1. The van der Waals surface area contributed by atoms with E-state index in [0.29, 0.717) is 30.0 Å². The van der Waals surface area contributed by atoms with Crippen molar-refractivity contribution in [2.45, 2.75) is 70.6 Å². The van der Waals surface area contributed by atoms with E-state index in [2.05, 4.69) is 53.2 Å². The summed E-state index contributed by atoms with van der Waals surface area (Å²) in [7, 11) is 4.53. The highest BCUT2D eigenvalue weighted by Crippen LogP contribution is 2.41. The molecule has 0 saturated carbocycles. The first-order valence-corrected chi connectivity index (χ1v) is 11.6. The van der Waals surface area contributed by atoms with Crippen LogP contribution >= 0.6 is 0 Å². The van der Waals surface area contributed by atoms with Crippen LogP contribution in [0.15, 0.2) is 24.4 Å². The fraction of sp³-hybridized carbons (Fsp3) is 0.560. The number of hydrogen-bond donors (Lipinski definition) is 2. The van der Waals surface area contributed by atoms with Gasteiger partial charge in [0.2, 0.25) is 5.95 Å². The molecule has 3 rings (SSSR count). The number of methoxy groups -OCH3 is 3. The van der Waals surface area contributed by atoms with Crippen molar-refractivity contribution in [1.82, 2.24) is 14.9 Å². The number of halogens is 1. The largest absolute Gasteiger partial charge is 0.497 e. The molecular formula is C25H36FN5O4. The van der Waals surface area contributed by atoms with Crippen LogP contribution in [0, 0.1) is 5.82 Å². The highest BCUT2D eigenvalue weighted by atomic mass is 19.1. The highest BCUT2D eigenvalue weighted by molar-refractivity contribution is 5.75. The van der Waals surface area contributed by atoms with E-state index < -0.39 is 11.9 Å². The fourth-order valence-corrected chi connectivity index (χ4v) is 5.45. The third kappa shape index (κ3) is 5.93. The summed E-state index contributed by atoms with van der Waals surface area (Å²) in [5.41, 5.74) is -0.0603. The van der Waals surface area contributed by atoms with Crippen LogP contribution in [0.3, 0.4) is 0 Å². The quantitative estimate of drug-likeness (QED) is 0.524. The molecule has 0 radical (unpaired) electrons. The van der Waals surface area contributed by atoms with Crippen LogP contribution in [0.4, 0.5) is 21.8 Å². The Morgan fingerprint density at radius 3 is 2.17 bits per heavy atom. The van der Waals surface area contributed by atoms with Gasteiger partial charge in [-0.1, -0.05) is 0 Å². The average Bonchev–Trinajstić information content (AvgIpc) is 2.78. The molecular weight excluding hydrogens is 453 g/mol. The van der Waals surface area contributed by atoms with E-state index in [9.17, 15) is 9.18 Å². The molecule has 10 heteroatoms. The number of anilines is 3. The molecule has 35 heavy (non-hydrogen) atoms. The van der Waals surface area contributed by atoms with Crippen molar-refractivity contribution in [1.29, 1.82) is 0 Å². The molecule has 0 aliphatic carbocycles. The van der Waals surface area contributed by atoms with Gasteiger partial charge in [-0.25, -0.2) is 9.37 Å². The average molecular weight is 490 g/mol. The second kappa shape index (κ2) is 10.2. The molecule has 0 spiro atoms. The van der Waals surface area contributed by atoms with Crippen molar-refractivity contribution >= 4 is 23.4 Å². The third-order valence-corrected chi connectivity index (χ3v) is 6.42. The maximum atomic E-state index is 14.7. The summed E-state index contributed by atoms with van der Waals surface area (Å²) >= 11 is 0.